The molecule has 0 aliphatic rings. The van der Waals surface area contributed by atoms with Crippen molar-refractivity contribution in [3.63, 3.8) is 0 Å². The fourth-order valence-electron chi connectivity index (χ4n) is 7.55. The maximum Gasteiger partial charge on any atom is 0.160 e. The second kappa shape index (κ2) is 10.8. The number of nitrogens with zero attached hydrogens (tertiary/aromatic N) is 3. The van der Waals surface area contributed by atoms with E-state index in [4.69, 9.17) is 18.8 Å². The van der Waals surface area contributed by atoms with E-state index in [2.05, 4.69) is 132 Å². The van der Waals surface area contributed by atoms with Crippen molar-refractivity contribution in [2.24, 2.45) is 0 Å². The number of rotatable bonds is 4. The van der Waals surface area contributed by atoms with Crippen molar-refractivity contribution >= 4 is 65.5 Å². The summed E-state index contributed by atoms with van der Waals surface area (Å²) in [7, 11) is 0. The van der Waals surface area contributed by atoms with Crippen LogP contribution in [0.5, 0.6) is 0 Å². The Hall–Kier alpha value is -6.98. The highest BCUT2D eigenvalue weighted by Gasteiger charge is 2.18. The molecule has 238 valence electrons. The molecule has 11 rings (SSSR count). The predicted molar refractivity (Wildman–Crippen MR) is 207 cm³/mol. The maximum atomic E-state index is 6.36. The first-order valence-corrected chi connectivity index (χ1v) is 17.1. The quantitative estimate of drug-likeness (QED) is 0.190. The fraction of sp³-hybridized carbons (Fsp3) is 0. The van der Waals surface area contributed by atoms with Crippen molar-refractivity contribution in [3.05, 3.63) is 164 Å². The van der Waals surface area contributed by atoms with Crippen molar-refractivity contribution in [1.82, 2.24) is 14.5 Å². The van der Waals surface area contributed by atoms with Crippen LogP contribution >= 0.6 is 0 Å². The number of para-hydroxylation sites is 3. The summed E-state index contributed by atoms with van der Waals surface area (Å²) in [6.45, 7) is 0. The van der Waals surface area contributed by atoms with E-state index in [0.29, 0.717) is 11.6 Å². The van der Waals surface area contributed by atoms with Gasteiger partial charge in [-0.1, -0.05) is 78.9 Å². The molecule has 0 saturated carbocycles. The van der Waals surface area contributed by atoms with E-state index in [9.17, 15) is 0 Å². The van der Waals surface area contributed by atoms with Gasteiger partial charge in [0.25, 0.3) is 0 Å². The van der Waals surface area contributed by atoms with Gasteiger partial charge in [0.2, 0.25) is 0 Å². The number of benzene rings is 7. The molecule has 11 aromatic rings. The van der Waals surface area contributed by atoms with E-state index in [-0.39, 0.29) is 0 Å². The monoisotopic (exact) mass is 653 g/mol. The standard InChI is InChI=1S/C46H27N3O2/c1-2-13-33(14-3-1)49-40-16-8-7-15-34(40)35-24-32(18-20-41(35)49)46-47-38(27-39(48-46)45-26-31-12-6-9-17-42(31)50-45)30-19-21-43-36(23-30)37-22-28-10-4-5-11-29(28)25-44(37)51-43/h1-27H. The van der Waals surface area contributed by atoms with Gasteiger partial charge in [0.05, 0.1) is 16.7 Å². The molecule has 4 heterocycles. The minimum Gasteiger partial charge on any atom is -0.456 e. The Kier molecular flexibility index (Phi) is 5.89. The van der Waals surface area contributed by atoms with Crippen molar-refractivity contribution in [1.29, 1.82) is 0 Å². The van der Waals surface area contributed by atoms with Gasteiger partial charge in [0.1, 0.15) is 22.4 Å². The van der Waals surface area contributed by atoms with Gasteiger partial charge in [0.15, 0.2) is 11.6 Å². The zero-order chi connectivity index (χ0) is 33.5. The van der Waals surface area contributed by atoms with E-state index >= 15 is 0 Å². The van der Waals surface area contributed by atoms with Gasteiger partial charge < -0.3 is 13.4 Å². The van der Waals surface area contributed by atoms with Crippen LogP contribution in [0.4, 0.5) is 0 Å². The second-order valence-electron chi connectivity index (χ2n) is 13.0. The zero-order valence-electron chi connectivity index (χ0n) is 27.2. The van der Waals surface area contributed by atoms with Gasteiger partial charge in [-0.05, 0) is 95.7 Å². The molecule has 51 heavy (non-hydrogen) atoms. The average molecular weight is 654 g/mol. The molecule has 7 aromatic carbocycles. The van der Waals surface area contributed by atoms with E-state index < -0.39 is 0 Å². The molecular formula is C46H27N3O2. The molecule has 0 aliphatic heterocycles. The first kappa shape index (κ1) is 27.9. The van der Waals surface area contributed by atoms with Crippen LogP contribution in [0.2, 0.25) is 0 Å². The lowest BCUT2D eigenvalue weighted by atomic mass is 10.0. The SMILES string of the molecule is c1ccc(-n2c3ccccc3c3cc(-c4nc(-c5ccc6oc7cc8ccccc8cc7c6c5)cc(-c5cc6ccccc6o5)n4)ccc32)cc1. The van der Waals surface area contributed by atoms with Crippen LogP contribution in [-0.4, -0.2) is 14.5 Å². The Morgan fingerprint density at radius 2 is 1.08 bits per heavy atom. The Balaban J connectivity index is 1.13. The van der Waals surface area contributed by atoms with Crippen LogP contribution in [-0.2, 0) is 0 Å². The summed E-state index contributed by atoms with van der Waals surface area (Å²) in [6, 6.07) is 56.7. The van der Waals surface area contributed by atoms with Crippen LogP contribution < -0.4 is 0 Å². The molecule has 0 N–H and O–H groups in total. The molecule has 0 amide bonds. The molecule has 0 aliphatic carbocycles. The summed E-state index contributed by atoms with van der Waals surface area (Å²) >= 11 is 0. The van der Waals surface area contributed by atoms with Gasteiger partial charge >= 0.3 is 0 Å². The van der Waals surface area contributed by atoms with Crippen molar-refractivity contribution < 1.29 is 8.83 Å². The average Bonchev–Trinajstić information content (AvgIpc) is 3.88. The summed E-state index contributed by atoms with van der Waals surface area (Å²) in [5.74, 6) is 1.33. The van der Waals surface area contributed by atoms with Gasteiger partial charge in [-0.3, -0.25) is 0 Å². The summed E-state index contributed by atoms with van der Waals surface area (Å²) in [4.78, 5) is 10.4. The van der Waals surface area contributed by atoms with Crippen LogP contribution in [0.25, 0.3) is 105 Å². The van der Waals surface area contributed by atoms with E-state index in [1.54, 1.807) is 0 Å². The third-order valence-corrected chi connectivity index (χ3v) is 9.98. The van der Waals surface area contributed by atoms with Gasteiger partial charge in [-0.15, -0.1) is 0 Å². The normalized spacial score (nSPS) is 11.9. The van der Waals surface area contributed by atoms with E-state index in [1.165, 1.54) is 10.8 Å². The molecule has 0 saturated heterocycles. The number of furan rings is 2. The zero-order valence-corrected chi connectivity index (χ0v) is 27.2. The lowest BCUT2D eigenvalue weighted by Crippen LogP contribution is -1.96. The molecule has 0 radical (unpaired) electrons. The lowest BCUT2D eigenvalue weighted by Gasteiger charge is -2.10. The number of hydrogen-bond acceptors (Lipinski definition) is 4. The summed E-state index contributed by atoms with van der Waals surface area (Å²) in [5.41, 5.74) is 9.37. The minimum absolute atomic E-state index is 0.629. The van der Waals surface area contributed by atoms with Gasteiger partial charge in [-0.2, -0.15) is 0 Å². The Labute approximate surface area is 291 Å². The number of fused-ring (bicyclic) bond motifs is 8. The Morgan fingerprint density at radius 3 is 1.96 bits per heavy atom. The Bertz CT molecular complexity index is 3120. The highest BCUT2D eigenvalue weighted by Crippen LogP contribution is 2.38. The van der Waals surface area contributed by atoms with Crippen LogP contribution in [0.1, 0.15) is 0 Å². The molecule has 0 unspecified atom stereocenters. The molecule has 4 aromatic heterocycles. The molecular weight excluding hydrogens is 627 g/mol. The predicted octanol–water partition coefficient (Wildman–Crippen LogP) is 12.4. The van der Waals surface area contributed by atoms with Crippen LogP contribution in [0, 0.1) is 0 Å². The summed E-state index contributed by atoms with van der Waals surface area (Å²) in [6.07, 6.45) is 0. The molecule has 0 atom stereocenters. The lowest BCUT2D eigenvalue weighted by molar-refractivity contribution is 0.628. The van der Waals surface area contributed by atoms with E-state index in [1.807, 2.05) is 36.4 Å². The third-order valence-electron chi connectivity index (χ3n) is 9.98. The molecule has 0 fully saturated rings. The van der Waals surface area contributed by atoms with Gasteiger partial charge in [0, 0.05) is 43.7 Å². The van der Waals surface area contributed by atoms with Crippen LogP contribution in [0.15, 0.2) is 173 Å². The molecule has 0 bridgehead atoms. The first-order valence-electron chi connectivity index (χ1n) is 17.1. The maximum absolute atomic E-state index is 6.36. The Morgan fingerprint density at radius 1 is 0.392 bits per heavy atom. The highest BCUT2D eigenvalue weighted by atomic mass is 16.3. The topological polar surface area (TPSA) is 57.0 Å². The van der Waals surface area contributed by atoms with Gasteiger partial charge in [-0.25, -0.2) is 9.97 Å². The molecule has 0 spiro atoms. The highest BCUT2D eigenvalue weighted by molar-refractivity contribution is 6.12. The fourth-order valence-corrected chi connectivity index (χ4v) is 7.55. The van der Waals surface area contributed by atoms with Crippen molar-refractivity contribution in [2.45, 2.75) is 0 Å². The van der Waals surface area contributed by atoms with Crippen molar-refractivity contribution in [2.75, 3.05) is 0 Å². The first-order chi connectivity index (χ1) is 25.2. The smallest absolute Gasteiger partial charge is 0.160 e. The minimum atomic E-state index is 0.629. The van der Waals surface area contributed by atoms with Crippen molar-refractivity contribution in [3.8, 4) is 39.8 Å². The van der Waals surface area contributed by atoms with E-state index in [0.717, 1.165) is 82.9 Å². The molecule has 5 heteroatoms. The molecule has 5 nitrogen and oxygen atoms in total. The largest absolute Gasteiger partial charge is 0.456 e. The third kappa shape index (κ3) is 4.42. The number of aromatic nitrogens is 3. The number of hydrogen-bond donors (Lipinski definition) is 0. The van der Waals surface area contributed by atoms with Crippen LogP contribution in [0.3, 0.4) is 0 Å². The summed E-state index contributed by atoms with van der Waals surface area (Å²) in [5, 5.41) is 7.82. The second-order valence-corrected chi connectivity index (χ2v) is 13.0. The summed E-state index contributed by atoms with van der Waals surface area (Å²) < 4.78 is 15.0.